The van der Waals surface area contributed by atoms with Crippen LogP contribution in [-0.4, -0.2) is 72.4 Å². The number of fused-ring (bicyclic) bond motifs is 2. The van der Waals surface area contributed by atoms with Crippen molar-refractivity contribution in [3.8, 4) is 0 Å². The number of hydrogen-bond acceptors (Lipinski definition) is 5. The molecule has 0 saturated carbocycles. The second kappa shape index (κ2) is 8.99. The predicted molar refractivity (Wildman–Crippen MR) is 120 cm³/mol. The van der Waals surface area contributed by atoms with E-state index in [0.29, 0.717) is 32.3 Å². The molecule has 0 radical (unpaired) electrons. The number of hydrogen-bond donors (Lipinski definition) is 2. The zero-order valence-corrected chi connectivity index (χ0v) is 17.9. The van der Waals surface area contributed by atoms with E-state index in [1.54, 1.807) is 0 Å². The average Bonchev–Trinajstić information content (AvgIpc) is 3.29. The molecule has 2 atom stereocenters. The third-order valence-electron chi connectivity index (χ3n) is 6.69. The molecular formula is C25H31N3O3. The molecule has 6 nitrogen and oxygen atoms in total. The largest absolute Gasteiger partial charge is 0.390 e. The van der Waals surface area contributed by atoms with Crippen LogP contribution in [0.25, 0.3) is 0 Å². The molecule has 0 aliphatic carbocycles. The predicted octanol–water partition coefficient (Wildman–Crippen LogP) is 2.30. The summed E-state index contributed by atoms with van der Waals surface area (Å²) < 4.78 is 5.44. The lowest BCUT2D eigenvalue weighted by atomic mass is 9.97. The van der Waals surface area contributed by atoms with Crippen LogP contribution in [0.2, 0.25) is 0 Å². The van der Waals surface area contributed by atoms with E-state index in [4.69, 9.17) is 4.74 Å². The number of aliphatic hydroxyl groups is 1. The SMILES string of the molecule is O=C1c2cc(N[C@@H]3CCOC3)ccc2CCN1CC(O)CN1CCc2ccccc2C1. The van der Waals surface area contributed by atoms with Gasteiger partial charge in [-0.2, -0.15) is 0 Å². The molecule has 2 N–H and O–H groups in total. The van der Waals surface area contributed by atoms with Crippen LogP contribution >= 0.6 is 0 Å². The lowest BCUT2D eigenvalue weighted by molar-refractivity contribution is 0.0493. The Hall–Kier alpha value is -2.41. The molecule has 1 fully saturated rings. The number of nitrogens with one attached hydrogen (secondary N) is 1. The Balaban J connectivity index is 1.19. The Bertz CT molecular complexity index is 941. The molecule has 3 heterocycles. The maximum atomic E-state index is 13.1. The van der Waals surface area contributed by atoms with E-state index in [1.165, 1.54) is 11.1 Å². The van der Waals surface area contributed by atoms with Crippen LogP contribution in [0.3, 0.4) is 0 Å². The zero-order valence-electron chi connectivity index (χ0n) is 17.9. The van der Waals surface area contributed by atoms with Crippen LogP contribution in [-0.2, 0) is 24.1 Å². The van der Waals surface area contributed by atoms with Gasteiger partial charge in [-0.15, -0.1) is 0 Å². The number of anilines is 1. The highest BCUT2D eigenvalue weighted by Gasteiger charge is 2.28. The lowest BCUT2D eigenvalue weighted by Crippen LogP contribution is -2.46. The van der Waals surface area contributed by atoms with Crippen LogP contribution < -0.4 is 5.32 Å². The number of aliphatic hydroxyl groups excluding tert-OH is 1. The van der Waals surface area contributed by atoms with E-state index >= 15 is 0 Å². The number of β-amino-alcohol motifs (C(OH)–C–C–N with tert-alkyl or cyclic N) is 1. The van der Waals surface area contributed by atoms with Crippen molar-refractivity contribution in [1.82, 2.24) is 9.80 Å². The minimum absolute atomic E-state index is 0.0237. The molecule has 1 amide bonds. The van der Waals surface area contributed by atoms with E-state index < -0.39 is 6.10 Å². The van der Waals surface area contributed by atoms with Gasteiger partial charge in [0.05, 0.1) is 18.8 Å². The van der Waals surface area contributed by atoms with E-state index in [-0.39, 0.29) is 5.91 Å². The van der Waals surface area contributed by atoms with Crippen molar-refractivity contribution in [2.45, 2.75) is 38.0 Å². The first kappa shape index (κ1) is 20.5. The van der Waals surface area contributed by atoms with Crippen molar-refractivity contribution in [2.24, 2.45) is 0 Å². The normalized spacial score (nSPS) is 22.2. The fraction of sp³-hybridized carbons (Fsp3) is 0.480. The van der Waals surface area contributed by atoms with E-state index in [0.717, 1.165) is 55.8 Å². The van der Waals surface area contributed by atoms with Crippen molar-refractivity contribution in [3.63, 3.8) is 0 Å². The fourth-order valence-electron chi connectivity index (χ4n) is 4.99. The number of benzene rings is 2. The van der Waals surface area contributed by atoms with Gasteiger partial charge in [0.15, 0.2) is 0 Å². The molecule has 2 aromatic rings. The van der Waals surface area contributed by atoms with E-state index in [1.807, 2.05) is 11.0 Å². The molecule has 3 aliphatic heterocycles. The molecule has 5 rings (SSSR count). The van der Waals surface area contributed by atoms with Gasteiger partial charge in [0.25, 0.3) is 5.91 Å². The van der Waals surface area contributed by atoms with E-state index in [2.05, 4.69) is 46.6 Å². The molecule has 3 aliphatic rings. The van der Waals surface area contributed by atoms with Gasteiger partial charge >= 0.3 is 0 Å². The Morgan fingerprint density at radius 3 is 2.74 bits per heavy atom. The zero-order chi connectivity index (χ0) is 21.2. The summed E-state index contributed by atoms with van der Waals surface area (Å²) in [5, 5.41) is 14.2. The number of carbonyl (C=O) groups excluding carboxylic acids is 1. The number of ether oxygens (including phenoxy) is 1. The molecule has 0 aromatic heterocycles. The van der Waals surface area contributed by atoms with Gasteiger partial charge in [0, 0.05) is 50.6 Å². The third-order valence-corrected chi connectivity index (χ3v) is 6.69. The Morgan fingerprint density at radius 1 is 1.06 bits per heavy atom. The number of amides is 1. The van der Waals surface area contributed by atoms with Crippen molar-refractivity contribution in [3.05, 3.63) is 64.7 Å². The molecule has 6 heteroatoms. The van der Waals surface area contributed by atoms with Gasteiger partial charge in [0.2, 0.25) is 0 Å². The van der Waals surface area contributed by atoms with E-state index in [9.17, 15) is 9.90 Å². The molecule has 0 bridgehead atoms. The average molecular weight is 422 g/mol. The first-order chi connectivity index (χ1) is 15.2. The smallest absolute Gasteiger partial charge is 0.254 e. The molecule has 31 heavy (non-hydrogen) atoms. The highest BCUT2D eigenvalue weighted by atomic mass is 16.5. The Labute approximate surface area is 183 Å². The van der Waals surface area contributed by atoms with Crippen LogP contribution in [0.1, 0.15) is 33.5 Å². The summed E-state index contributed by atoms with van der Waals surface area (Å²) in [5.41, 5.74) is 5.57. The van der Waals surface area contributed by atoms with Gasteiger partial charge in [0.1, 0.15) is 0 Å². The van der Waals surface area contributed by atoms with Gasteiger partial charge in [-0.05, 0) is 48.1 Å². The highest BCUT2D eigenvalue weighted by Crippen LogP contribution is 2.25. The molecule has 1 saturated heterocycles. The summed E-state index contributed by atoms with van der Waals surface area (Å²) in [4.78, 5) is 17.3. The van der Waals surface area contributed by atoms with Crippen LogP contribution in [0, 0.1) is 0 Å². The summed E-state index contributed by atoms with van der Waals surface area (Å²) in [7, 11) is 0. The summed E-state index contributed by atoms with van der Waals surface area (Å²) in [6.07, 6.45) is 2.29. The van der Waals surface area contributed by atoms with Gasteiger partial charge in [-0.25, -0.2) is 0 Å². The fourth-order valence-corrected chi connectivity index (χ4v) is 4.99. The highest BCUT2D eigenvalue weighted by molar-refractivity contribution is 5.97. The second-order valence-electron chi connectivity index (χ2n) is 8.99. The first-order valence-corrected chi connectivity index (χ1v) is 11.4. The van der Waals surface area contributed by atoms with Gasteiger partial charge in [-0.1, -0.05) is 30.3 Å². The van der Waals surface area contributed by atoms with Crippen LogP contribution in [0.4, 0.5) is 5.69 Å². The molecular weight excluding hydrogens is 390 g/mol. The van der Waals surface area contributed by atoms with Crippen molar-refractivity contribution < 1.29 is 14.6 Å². The van der Waals surface area contributed by atoms with Crippen molar-refractivity contribution in [1.29, 1.82) is 0 Å². The van der Waals surface area contributed by atoms with Gasteiger partial charge < -0.3 is 20.1 Å². The molecule has 0 spiro atoms. The standard InChI is InChI=1S/C25H31N3O3/c29-23(15-27-10-7-18-3-1-2-4-20(18)14-27)16-28-11-8-19-5-6-21(13-24(19)25(28)30)26-22-9-12-31-17-22/h1-6,13,22-23,26,29H,7-12,14-17H2/t22-,23?/m1/s1. The first-order valence-electron chi connectivity index (χ1n) is 11.4. The maximum absolute atomic E-state index is 13.1. The minimum Gasteiger partial charge on any atom is -0.390 e. The summed E-state index contributed by atoms with van der Waals surface area (Å²) in [6.45, 7) is 4.95. The Kier molecular flexibility index (Phi) is 5.94. The van der Waals surface area contributed by atoms with Crippen molar-refractivity contribution in [2.75, 3.05) is 44.7 Å². The maximum Gasteiger partial charge on any atom is 0.254 e. The number of rotatable bonds is 6. The summed E-state index contributed by atoms with van der Waals surface area (Å²) in [6, 6.07) is 14.9. The monoisotopic (exact) mass is 421 g/mol. The number of carbonyl (C=O) groups is 1. The topological polar surface area (TPSA) is 65.0 Å². The van der Waals surface area contributed by atoms with Gasteiger partial charge in [-0.3, -0.25) is 9.69 Å². The quantitative estimate of drug-likeness (QED) is 0.749. The summed E-state index contributed by atoms with van der Waals surface area (Å²) in [5.74, 6) is 0.0237. The molecule has 1 unspecified atom stereocenters. The second-order valence-corrected chi connectivity index (χ2v) is 8.99. The molecule has 2 aromatic carbocycles. The van der Waals surface area contributed by atoms with Crippen LogP contribution in [0.5, 0.6) is 0 Å². The molecule has 164 valence electrons. The lowest BCUT2D eigenvalue weighted by Gasteiger charge is -2.34. The minimum atomic E-state index is -0.548. The third kappa shape index (κ3) is 4.61. The summed E-state index contributed by atoms with van der Waals surface area (Å²) >= 11 is 0. The van der Waals surface area contributed by atoms with Crippen molar-refractivity contribution >= 4 is 11.6 Å². The van der Waals surface area contributed by atoms with Crippen LogP contribution in [0.15, 0.2) is 42.5 Å². The number of nitrogens with zero attached hydrogens (tertiary/aromatic N) is 2. The Morgan fingerprint density at radius 2 is 1.90 bits per heavy atom.